The van der Waals surface area contributed by atoms with Crippen LogP contribution >= 0.6 is 0 Å². The highest BCUT2D eigenvalue weighted by atomic mass is 32.2. The molecule has 0 saturated heterocycles. The Bertz CT molecular complexity index is 899. The van der Waals surface area contributed by atoms with Crippen LogP contribution in [0.4, 0.5) is 11.4 Å². The normalized spacial score (nSPS) is 15.0. The van der Waals surface area contributed by atoms with E-state index in [2.05, 4.69) is 10.0 Å². The van der Waals surface area contributed by atoms with Gasteiger partial charge in [-0.2, -0.15) is 0 Å². The molecular formula is C20H24N2O3S. The number of sulfonamides is 1. The summed E-state index contributed by atoms with van der Waals surface area (Å²) in [6.07, 6.45) is 3.92. The topological polar surface area (TPSA) is 75.3 Å². The van der Waals surface area contributed by atoms with Crippen molar-refractivity contribution in [2.75, 3.05) is 10.0 Å². The highest BCUT2D eigenvalue weighted by Gasteiger charge is 2.24. The molecule has 2 aromatic rings. The molecule has 0 unspecified atom stereocenters. The highest BCUT2D eigenvalue weighted by Crippen LogP contribution is 2.30. The summed E-state index contributed by atoms with van der Waals surface area (Å²) in [5.41, 5.74) is 2.77. The predicted octanol–water partition coefficient (Wildman–Crippen LogP) is 4.23. The molecule has 0 aliphatic heterocycles. The Hall–Kier alpha value is -2.34. The molecule has 1 fully saturated rings. The van der Waals surface area contributed by atoms with Crippen LogP contribution < -0.4 is 10.0 Å². The summed E-state index contributed by atoms with van der Waals surface area (Å²) in [6.45, 7) is 3.79. The number of nitrogens with one attached hydrogen (secondary N) is 2. The third kappa shape index (κ3) is 4.25. The number of carbonyl (C=O) groups excluding carboxylic acids is 1. The minimum Gasteiger partial charge on any atom is -0.324 e. The molecular weight excluding hydrogens is 348 g/mol. The molecule has 0 aromatic heterocycles. The van der Waals surface area contributed by atoms with Gasteiger partial charge >= 0.3 is 0 Å². The van der Waals surface area contributed by atoms with Crippen LogP contribution in [0.15, 0.2) is 47.4 Å². The molecule has 26 heavy (non-hydrogen) atoms. The predicted molar refractivity (Wildman–Crippen MR) is 104 cm³/mol. The molecule has 1 saturated carbocycles. The summed E-state index contributed by atoms with van der Waals surface area (Å²) in [5, 5.41) is 2.90. The zero-order chi connectivity index (χ0) is 18.7. The van der Waals surface area contributed by atoms with Gasteiger partial charge in [-0.15, -0.1) is 0 Å². The second-order valence-corrected chi connectivity index (χ2v) is 8.62. The van der Waals surface area contributed by atoms with Crippen molar-refractivity contribution in [3.63, 3.8) is 0 Å². The van der Waals surface area contributed by atoms with Gasteiger partial charge in [-0.3, -0.25) is 9.52 Å². The second kappa shape index (κ2) is 7.50. The standard InChI is InChI=1S/C20H24N2O3S/c1-14-7-10-17(11-8-14)26(24,25)22-19-13-15(2)9-12-18(19)21-20(23)16-5-3-4-6-16/h7-13,16,22H,3-6H2,1-2H3,(H,21,23). The van der Waals surface area contributed by atoms with Gasteiger partial charge in [0, 0.05) is 5.92 Å². The van der Waals surface area contributed by atoms with Crippen molar-refractivity contribution in [3.8, 4) is 0 Å². The zero-order valence-corrected chi connectivity index (χ0v) is 15.9. The number of carbonyl (C=O) groups is 1. The van der Waals surface area contributed by atoms with Crippen LogP contribution in [0, 0.1) is 19.8 Å². The fraction of sp³-hybridized carbons (Fsp3) is 0.350. The van der Waals surface area contributed by atoms with Gasteiger partial charge in [0.2, 0.25) is 5.91 Å². The summed E-state index contributed by atoms with van der Waals surface area (Å²) < 4.78 is 28.0. The van der Waals surface area contributed by atoms with E-state index in [1.54, 1.807) is 36.4 Å². The number of aryl methyl sites for hydroxylation is 2. The lowest BCUT2D eigenvalue weighted by Crippen LogP contribution is -2.22. The van der Waals surface area contributed by atoms with Gasteiger partial charge in [-0.1, -0.05) is 36.6 Å². The van der Waals surface area contributed by atoms with Crippen molar-refractivity contribution in [1.82, 2.24) is 0 Å². The summed E-state index contributed by atoms with van der Waals surface area (Å²) >= 11 is 0. The van der Waals surface area contributed by atoms with Crippen LogP contribution in [0.1, 0.15) is 36.8 Å². The van der Waals surface area contributed by atoms with E-state index in [-0.39, 0.29) is 16.7 Å². The molecule has 0 radical (unpaired) electrons. The maximum absolute atomic E-state index is 12.7. The smallest absolute Gasteiger partial charge is 0.261 e. The van der Waals surface area contributed by atoms with Crippen molar-refractivity contribution in [2.24, 2.45) is 5.92 Å². The van der Waals surface area contributed by atoms with Crippen LogP contribution in [0.2, 0.25) is 0 Å². The van der Waals surface area contributed by atoms with E-state index in [4.69, 9.17) is 0 Å². The molecule has 0 spiro atoms. The lowest BCUT2D eigenvalue weighted by atomic mass is 10.1. The number of anilines is 2. The van der Waals surface area contributed by atoms with E-state index in [9.17, 15) is 13.2 Å². The molecule has 6 heteroatoms. The largest absolute Gasteiger partial charge is 0.324 e. The van der Waals surface area contributed by atoms with E-state index < -0.39 is 10.0 Å². The molecule has 0 heterocycles. The van der Waals surface area contributed by atoms with Crippen molar-refractivity contribution in [2.45, 2.75) is 44.4 Å². The first-order chi connectivity index (χ1) is 12.3. The Balaban J connectivity index is 1.85. The Labute approximate surface area is 154 Å². The fourth-order valence-electron chi connectivity index (χ4n) is 3.20. The van der Waals surface area contributed by atoms with Crippen LogP contribution in [-0.2, 0) is 14.8 Å². The van der Waals surface area contributed by atoms with Crippen LogP contribution in [-0.4, -0.2) is 14.3 Å². The molecule has 3 rings (SSSR count). The third-order valence-electron chi connectivity index (χ3n) is 4.73. The van der Waals surface area contributed by atoms with Crippen molar-refractivity contribution in [1.29, 1.82) is 0 Å². The number of benzene rings is 2. The average Bonchev–Trinajstić information content (AvgIpc) is 3.12. The average molecular weight is 372 g/mol. The van der Waals surface area contributed by atoms with Gasteiger partial charge in [0.05, 0.1) is 16.3 Å². The minimum absolute atomic E-state index is 0.0119. The fourth-order valence-corrected chi connectivity index (χ4v) is 4.27. The summed E-state index contributed by atoms with van der Waals surface area (Å²) in [5.74, 6) is -0.0278. The summed E-state index contributed by atoms with van der Waals surface area (Å²) in [6, 6.07) is 12.0. The van der Waals surface area contributed by atoms with Gasteiger partial charge in [0.25, 0.3) is 10.0 Å². The molecule has 138 valence electrons. The van der Waals surface area contributed by atoms with Crippen LogP contribution in [0.3, 0.4) is 0 Å². The quantitative estimate of drug-likeness (QED) is 0.824. The maximum atomic E-state index is 12.7. The molecule has 1 aliphatic rings. The molecule has 0 atom stereocenters. The minimum atomic E-state index is -3.73. The van der Waals surface area contributed by atoms with Gasteiger partial charge in [0.1, 0.15) is 0 Å². The number of hydrogen-bond acceptors (Lipinski definition) is 3. The van der Waals surface area contributed by atoms with Gasteiger partial charge in [-0.25, -0.2) is 8.42 Å². The monoisotopic (exact) mass is 372 g/mol. The van der Waals surface area contributed by atoms with Crippen LogP contribution in [0.5, 0.6) is 0 Å². The Kier molecular flexibility index (Phi) is 5.32. The number of amides is 1. The molecule has 1 amide bonds. The van der Waals surface area contributed by atoms with Crippen molar-refractivity contribution >= 4 is 27.3 Å². The van der Waals surface area contributed by atoms with E-state index in [1.807, 2.05) is 19.9 Å². The first-order valence-electron chi connectivity index (χ1n) is 8.86. The molecule has 5 nitrogen and oxygen atoms in total. The number of rotatable bonds is 5. The van der Waals surface area contributed by atoms with E-state index in [1.165, 1.54) is 0 Å². The Morgan fingerprint density at radius 2 is 1.54 bits per heavy atom. The first kappa shape index (κ1) is 18.5. The summed E-state index contributed by atoms with van der Waals surface area (Å²) in [4.78, 5) is 12.6. The van der Waals surface area contributed by atoms with Crippen molar-refractivity contribution < 1.29 is 13.2 Å². The number of hydrogen-bond donors (Lipinski definition) is 2. The summed E-state index contributed by atoms with van der Waals surface area (Å²) in [7, 11) is -3.73. The maximum Gasteiger partial charge on any atom is 0.261 e. The van der Waals surface area contributed by atoms with E-state index in [0.29, 0.717) is 11.4 Å². The SMILES string of the molecule is Cc1ccc(S(=O)(=O)Nc2cc(C)ccc2NC(=O)C2CCCC2)cc1. The van der Waals surface area contributed by atoms with Crippen molar-refractivity contribution in [3.05, 3.63) is 53.6 Å². The van der Waals surface area contributed by atoms with E-state index in [0.717, 1.165) is 36.8 Å². The Morgan fingerprint density at radius 3 is 2.19 bits per heavy atom. The molecule has 2 aromatic carbocycles. The molecule has 1 aliphatic carbocycles. The highest BCUT2D eigenvalue weighted by molar-refractivity contribution is 7.92. The van der Waals surface area contributed by atoms with E-state index >= 15 is 0 Å². The lowest BCUT2D eigenvalue weighted by molar-refractivity contribution is -0.119. The van der Waals surface area contributed by atoms with Gasteiger partial charge < -0.3 is 5.32 Å². The van der Waals surface area contributed by atoms with Gasteiger partial charge in [-0.05, 0) is 56.5 Å². The van der Waals surface area contributed by atoms with Gasteiger partial charge in [0.15, 0.2) is 0 Å². The lowest BCUT2D eigenvalue weighted by Gasteiger charge is -2.16. The molecule has 2 N–H and O–H groups in total. The molecule has 0 bridgehead atoms. The zero-order valence-electron chi connectivity index (χ0n) is 15.1. The first-order valence-corrected chi connectivity index (χ1v) is 10.3. The van der Waals surface area contributed by atoms with Crippen LogP contribution in [0.25, 0.3) is 0 Å². The second-order valence-electron chi connectivity index (χ2n) is 6.94. The third-order valence-corrected chi connectivity index (χ3v) is 6.12. The Morgan fingerprint density at radius 1 is 0.923 bits per heavy atom.